The second kappa shape index (κ2) is 5.65. The third-order valence-corrected chi connectivity index (χ3v) is 4.02. The molecule has 2 nitrogen and oxygen atoms in total. The van der Waals surface area contributed by atoms with Crippen molar-refractivity contribution in [2.24, 2.45) is 5.92 Å². The SMILES string of the molecule is CNCC1CCN(Cc2ccc(C)cc2)C1C. The number of nitrogens with zero attached hydrogens (tertiary/aromatic N) is 1. The molecular formula is C15H24N2. The van der Waals surface area contributed by atoms with Crippen LogP contribution in [0, 0.1) is 12.8 Å². The largest absolute Gasteiger partial charge is 0.319 e. The fourth-order valence-electron chi connectivity index (χ4n) is 2.76. The van der Waals surface area contributed by atoms with E-state index in [4.69, 9.17) is 0 Å². The van der Waals surface area contributed by atoms with Crippen LogP contribution < -0.4 is 5.32 Å². The Labute approximate surface area is 105 Å². The van der Waals surface area contributed by atoms with E-state index >= 15 is 0 Å². The summed E-state index contributed by atoms with van der Waals surface area (Å²) in [6, 6.07) is 9.63. The van der Waals surface area contributed by atoms with Crippen LogP contribution in [0.25, 0.3) is 0 Å². The van der Waals surface area contributed by atoms with Crippen molar-refractivity contribution in [1.29, 1.82) is 0 Å². The quantitative estimate of drug-likeness (QED) is 0.857. The number of hydrogen-bond donors (Lipinski definition) is 1. The van der Waals surface area contributed by atoms with Crippen LogP contribution in [0.5, 0.6) is 0 Å². The molecule has 0 aromatic heterocycles. The average molecular weight is 232 g/mol. The number of rotatable bonds is 4. The first kappa shape index (κ1) is 12.6. The summed E-state index contributed by atoms with van der Waals surface area (Å²) in [6.45, 7) is 7.99. The van der Waals surface area contributed by atoms with E-state index in [0.29, 0.717) is 6.04 Å². The third-order valence-electron chi connectivity index (χ3n) is 4.02. The molecule has 2 rings (SSSR count). The molecule has 0 spiro atoms. The van der Waals surface area contributed by atoms with Crippen LogP contribution in [0.2, 0.25) is 0 Å². The number of likely N-dealkylation sites (tertiary alicyclic amines) is 1. The molecular weight excluding hydrogens is 208 g/mol. The fourth-order valence-corrected chi connectivity index (χ4v) is 2.76. The Kier molecular flexibility index (Phi) is 4.19. The fraction of sp³-hybridized carbons (Fsp3) is 0.600. The molecule has 1 aliphatic rings. The highest BCUT2D eigenvalue weighted by atomic mass is 15.2. The Balaban J connectivity index is 1.94. The van der Waals surface area contributed by atoms with Gasteiger partial charge in [-0.05, 0) is 51.9 Å². The minimum Gasteiger partial charge on any atom is -0.319 e. The van der Waals surface area contributed by atoms with Crippen molar-refractivity contribution in [3.05, 3.63) is 35.4 Å². The summed E-state index contributed by atoms with van der Waals surface area (Å²) in [4.78, 5) is 2.60. The van der Waals surface area contributed by atoms with E-state index in [2.05, 4.69) is 55.4 Å². The lowest BCUT2D eigenvalue weighted by atomic mass is 10.0. The van der Waals surface area contributed by atoms with Crippen molar-refractivity contribution in [2.45, 2.75) is 32.9 Å². The molecule has 1 N–H and O–H groups in total. The van der Waals surface area contributed by atoms with Gasteiger partial charge in [0.15, 0.2) is 0 Å². The molecule has 0 amide bonds. The monoisotopic (exact) mass is 232 g/mol. The molecule has 2 unspecified atom stereocenters. The molecule has 1 saturated heterocycles. The van der Waals surface area contributed by atoms with Gasteiger partial charge in [-0.3, -0.25) is 4.90 Å². The van der Waals surface area contributed by atoms with E-state index in [9.17, 15) is 0 Å². The predicted octanol–water partition coefficient (Wildman–Crippen LogP) is 2.42. The van der Waals surface area contributed by atoms with Gasteiger partial charge < -0.3 is 5.32 Å². The lowest BCUT2D eigenvalue weighted by Gasteiger charge is -2.24. The molecule has 94 valence electrons. The summed E-state index contributed by atoms with van der Waals surface area (Å²) in [5, 5.41) is 3.31. The van der Waals surface area contributed by atoms with Crippen molar-refractivity contribution in [3.63, 3.8) is 0 Å². The second-order valence-electron chi connectivity index (χ2n) is 5.30. The van der Waals surface area contributed by atoms with Gasteiger partial charge in [0.05, 0.1) is 0 Å². The maximum Gasteiger partial charge on any atom is 0.0236 e. The van der Waals surface area contributed by atoms with Crippen LogP contribution in [-0.2, 0) is 6.54 Å². The van der Waals surface area contributed by atoms with Gasteiger partial charge in [0.2, 0.25) is 0 Å². The third kappa shape index (κ3) is 3.08. The highest BCUT2D eigenvalue weighted by Crippen LogP contribution is 2.25. The molecule has 0 aliphatic carbocycles. The molecule has 1 fully saturated rings. The zero-order valence-electron chi connectivity index (χ0n) is 11.2. The maximum atomic E-state index is 3.31. The van der Waals surface area contributed by atoms with Crippen LogP contribution in [0.3, 0.4) is 0 Å². The van der Waals surface area contributed by atoms with Crippen LogP contribution in [-0.4, -0.2) is 31.1 Å². The van der Waals surface area contributed by atoms with E-state index in [1.165, 1.54) is 24.1 Å². The average Bonchev–Trinajstić information content (AvgIpc) is 2.65. The summed E-state index contributed by atoms with van der Waals surface area (Å²) in [5.74, 6) is 0.811. The molecule has 0 saturated carbocycles. The van der Waals surface area contributed by atoms with E-state index < -0.39 is 0 Å². The number of aryl methyl sites for hydroxylation is 1. The van der Waals surface area contributed by atoms with Crippen molar-refractivity contribution < 1.29 is 0 Å². The van der Waals surface area contributed by atoms with Crippen LogP contribution in [0.1, 0.15) is 24.5 Å². The van der Waals surface area contributed by atoms with Crippen molar-refractivity contribution in [1.82, 2.24) is 10.2 Å². The smallest absolute Gasteiger partial charge is 0.0236 e. The van der Waals surface area contributed by atoms with Crippen molar-refractivity contribution >= 4 is 0 Å². The molecule has 17 heavy (non-hydrogen) atoms. The minimum absolute atomic E-state index is 0.698. The summed E-state index contributed by atoms with van der Waals surface area (Å²) >= 11 is 0. The summed E-state index contributed by atoms with van der Waals surface area (Å²) in [5.41, 5.74) is 2.78. The van der Waals surface area contributed by atoms with Gasteiger partial charge >= 0.3 is 0 Å². The highest BCUT2D eigenvalue weighted by Gasteiger charge is 2.29. The lowest BCUT2D eigenvalue weighted by molar-refractivity contribution is 0.232. The number of hydrogen-bond acceptors (Lipinski definition) is 2. The molecule has 2 atom stereocenters. The highest BCUT2D eigenvalue weighted by molar-refractivity contribution is 5.21. The zero-order valence-corrected chi connectivity index (χ0v) is 11.2. The second-order valence-corrected chi connectivity index (χ2v) is 5.30. The zero-order chi connectivity index (χ0) is 12.3. The Bertz CT molecular complexity index is 344. The maximum absolute atomic E-state index is 3.31. The van der Waals surface area contributed by atoms with Crippen LogP contribution in [0.4, 0.5) is 0 Å². The first-order valence-corrected chi connectivity index (χ1v) is 6.65. The Hall–Kier alpha value is -0.860. The molecule has 1 aliphatic heterocycles. The molecule has 0 radical (unpaired) electrons. The van der Waals surface area contributed by atoms with Gasteiger partial charge in [-0.2, -0.15) is 0 Å². The van der Waals surface area contributed by atoms with Gasteiger partial charge in [0, 0.05) is 12.6 Å². The van der Waals surface area contributed by atoms with Gasteiger partial charge in [-0.1, -0.05) is 29.8 Å². The molecule has 1 aromatic carbocycles. The Morgan fingerprint density at radius 1 is 1.29 bits per heavy atom. The summed E-state index contributed by atoms with van der Waals surface area (Å²) in [7, 11) is 2.05. The van der Waals surface area contributed by atoms with Crippen molar-refractivity contribution in [2.75, 3.05) is 20.1 Å². The predicted molar refractivity (Wildman–Crippen MR) is 73.1 cm³/mol. The number of nitrogens with one attached hydrogen (secondary N) is 1. The summed E-state index contributed by atoms with van der Waals surface area (Å²) in [6.07, 6.45) is 1.33. The van der Waals surface area contributed by atoms with Gasteiger partial charge in [0.1, 0.15) is 0 Å². The van der Waals surface area contributed by atoms with Gasteiger partial charge in [-0.25, -0.2) is 0 Å². The molecule has 1 aromatic rings. The first-order valence-electron chi connectivity index (χ1n) is 6.65. The number of benzene rings is 1. The van der Waals surface area contributed by atoms with Gasteiger partial charge in [-0.15, -0.1) is 0 Å². The Morgan fingerprint density at radius 3 is 2.65 bits per heavy atom. The molecule has 2 heteroatoms. The van der Waals surface area contributed by atoms with Crippen LogP contribution >= 0.6 is 0 Å². The van der Waals surface area contributed by atoms with E-state index in [0.717, 1.165) is 19.0 Å². The first-order chi connectivity index (χ1) is 8.20. The van der Waals surface area contributed by atoms with E-state index in [1.807, 2.05) is 0 Å². The minimum atomic E-state index is 0.698. The van der Waals surface area contributed by atoms with E-state index in [-0.39, 0.29) is 0 Å². The normalized spacial score (nSPS) is 25.4. The summed E-state index contributed by atoms with van der Waals surface area (Å²) < 4.78 is 0. The van der Waals surface area contributed by atoms with E-state index in [1.54, 1.807) is 0 Å². The van der Waals surface area contributed by atoms with Gasteiger partial charge in [0.25, 0.3) is 0 Å². The lowest BCUT2D eigenvalue weighted by Crippen LogP contribution is -2.33. The standard InChI is InChI=1S/C15H24N2/c1-12-4-6-14(7-5-12)11-17-9-8-15(10-16-3)13(17)2/h4-7,13,15-16H,8-11H2,1-3H3. The topological polar surface area (TPSA) is 15.3 Å². The van der Waals surface area contributed by atoms with Crippen molar-refractivity contribution in [3.8, 4) is 0 Å². The molecule has 0 bridgehead atoms. The Morgan fingerprint density at radius 2 is 2.00 bits per heavy atom. The molecule has 1 heterocycles. The van der Waals surface area contributed by atoms with Crippen LogP contribution in [0.15, 0.2) is 24.3 Å².